The Kier molecular flexibility index (Phi) is 5.30. The van der Waals surface area contributed by atoms with Gasteiger partial charge in [0.1, 0.15) is 5.82 Å². The van der Waals surface area contributed by atoms with Crippen molar-refractivity contribution < 1.29 is 0 Å². The van der Waals surface area contributed by atoms with E-state index in [-0.39, 0.29) is 0 Å². The molecule has 0 radical (unpaired) electrons. The van der Waals surface area contributed by atoms with Crippen LogP contribution >= 0.6 is 0 Å². The summed E-state index contributed by atoms with van der Waals surface area (Å²) in [4.78, 5) is 15.1. The monoisotopic (exact) mass is 437 g/mol. The molecule has 3 N–H and O–H groups in total. The predicted octanol–water partition coefficient (Wildman–Crippen LogP) is 5.87. The van der Waals surface area contributed by atoms with Gasteiger partial charge in [-0.2, -0.15) is 5.10 Å². The summed E-state index contributed by atoms with van der Waals surface area (Å²) < 4.78 is 0. The largest absolute Gasteiger partial charge is 0.371 e. The van der Waals surface area contributed by atoms with Crippen molar-refractivity contribution in [1.29, 1.82) is 0 Å². The molecule has 0 bridgehead atoms. The molecule has 0 aliphatic heterocycles. The Hall–Kier alpha value is -4.13. The molecule has 0 unspecified atom stereocenters. The maximum Gasteiger partial charge on any atom is 0.161 e. The number of hydrogen-bond acceptors (Lipinski definition) is 5. The third-order valence-corrected chi connectivity index (χ3v) is 6.12. The Bertz CT molecular complexity index is 1460. The lowest BCUT2D eigenvalue weighted by molar-refractivity contribution is 0.441. The minimum Gasteiger partial charge on any atom is -0.371 e. The number of H-pyrrole nitrogens is 2. The van der Waals surface area contributed by atoms with Crippen LogP contribution in [0, 0.1) is 6.92 Å². The van der Waals surface area contributed by atoms with Gasteiger partial charge in [-0.25, -0.2) is 9.97 Å². The molecule has 3 heterocycles. The molecule has 33 heavy (non-hydrogen) atoms. The number of benzene rings is 2. The molecule has 7 heteroatoms. The molecule has 0 spiro atoms. The van der Waals surface area contributed by atoms with Gasteiger partial charge in [-0.05, 0) is 68.8 Å². The van der Waals surface area contributed by atoms with E-state index in [2.05, 4.69) is 75.9 Å². The van der Waals surface area contributed by atoms with Gasteiger partial charge < -0.3 is 15.2 Å². The molecule has 2 aromatic carbocycles. The summed E-state index contributed by atoms with van der Waals surface area (Å²) in [5.74, 6) is 1.42. The maximum atomic E-state index is 4.76. The van der Waals surface area contributed by atoms with Crippen molar-refractivity contribution in [3.8, 4) is 11.4 Å². The predicted molar refractivity (Wildman–Crippen MR) is 135 cm³/mol. The lowest BCUT2D eigenvalue weighted by Crippen LogP contribution is -2.21. The third-order valence-electron chi connectivity index (χ3n) is 6.12. The summed E-state index contributed by atoms with van der Waals surface area (Å²) in [6.45, 7) is 12.6. The second-order valence-electron chi connectivity index (χ2n) is 8.07. The highest BCUT2D eigenvalue weighted by Crippen LogP contribution is 2.31. The maximum absolute atomic E-state index is 4.76. The van der Waals surface area contributed by atoms with Gasteiger partial charge in [-0.1, -0.05) is 6.58 Å². The zero-order valence-corrected chi connectivity index (χ0v) is 19.1. The van der Waals surface area contributed by atoms with Crippen molar-refractivity contribution >= 4 is 39.0 Å². The van der Waals surface area contributed by atoms with Crippen molar-refractivity contribution in [3.05, 3.63) is 72.7 Å². The van der Waals surface area contributed by atoms with Crippen LogP contribution in [0.25, 0.3) is 38.9 Å². The summed E-state index contributed by atoms with van der Waals surface area (Å²) in [6.07, 6.45) is 3.59. The number of nitrogens with zero attached hydrogens (tertiary/aromatic N) is 4. The first kappa shape index (κ1) is 20.8. The Morgan fingerprint density at radius 2 is 1.88 bits per heavy atom. The van der Waals surface area contributed by atoms with Crippen LogP contribution in [-0.4, -0.2) is 43.1 Å². The van der Waals surface area contributed by atoms with Gasteiger partial charge in [0.2, 0.25) is 0 Å². The lowest BCUT2D eigenvalue weighted by Gasteiger charge is -2.23. The second-order valence-corrected chi connectivity index (χ2v) is 8.07. The Labute approximate surface area is 192 Å². The Morgan fingerprint density at radius 1 is 1.06 bits per heavy atom. The number of fused-ring (bicyclic) bond motifs is 2. The standard InChI is InChI=1S/C26H27N7/c1-5-33(6-2)17(4)25-16(3)21-14-18(7-9-23(21)30-25)26-27-12-11-24(31-26)29-20-8-10-22-19(13-20)15-28-32-22/h7-15,30H,4-6H2,1-3H3,(H,28,32)(H,27,29,31). The molecule has 0 fully saturated rings. The summed E-state index contributed by atoms with van der Waals surface area (Å²) >= 11 is 0. The van der Waals surface area contributed by atoms with E-state index in [9.17, 15) is 0 Å². The van der Waals surface area contributed by atoms with E-state index < -0.39 is 0 Å². The fourth-order valence-electron chi connectivity index (χ4n) is 4.25. The molecular formula is C26H27N7. The van der Waals surface area contributed by atoms with Crippen LogP contribution in [0.3, 0.4) is 0 Å². The van der Waals surface area contributed by atoms with Crippen molar-refractivity contribution in [2.75, 3.05) is 18.4 Å². The molecule has 0 amide bonds. The quantitative estimate of drug-likeness (QED) is 0.297. The number of aromatic nitrogens is 5. The van der Waals surface area contributed by atoms with Crippen LogP contribution in [0.2, 0.25) is 0 Å². The van der Waals surface area contributed by atoms with Crippen molar-refractivity contribution in [2.45, 2.75) is 20.8 Å². The normalized spacial score (nSPS) is 11.2. The molecule has 0 aliphatic carbocycles. The zero-order valence-electron chi connectivity index (χ0n) is 19.1. The molecule has 166 valence electrons. The van der Waals surface area contributed by atoms with E-state index in [1.807, 2.05) is 30.5 Å². The fourth-order valence-corrected chi connectivity index (χ4v) is 4.25. The minimum absolute atomic E-state index is 0.677. The first-order chi connectivity index (χ1) is 16.1. The molecule has 0 atom stereocenters. The van der Waals surface area contributed by atoms with Crippen LogP contribution in [0.15, 0.2) is 61.4 Å². The third kappa shape index (κ3) is 3.82. The van der Waals surface area contributed by atoms with Crippen LogP contribution in [0.4, 0.5) is 11.5 Å². The average Bonchev–Trinajstić information content (AvgIpc) is 3.43. The number of aromatic amines is 2. The van der Waals surface area contributed by atoms with Crippen LogP contribution in [0.5, 0.6) is 0 Å². The molecule has 0 saturated heterocycles. The number of rotatable bonds is 7. The first-order valence-electron chi connectivity index (χ1n) is 11.2. The smallest absolute Gasteiger partial charge is 0.161 e. The van der Waals surface area contributed by atoms with Gasteiger partial charge >= 0.3 is 0 Å². The number of aryl methyl sites for hydroxylation is 1. The van der Waals surface area contributed by atoms with Crippen LogP contribution in [0.1, 0.15) is 25.1 Å². The van der Waals surface area contributed by atoms with Crippen LogP contribution in [-0.2, 0) is 0 Å². The van der Waals surface area contributed by atoms with E-state index in [0.717, 1.165) is 63.4 Å². The SMILES string of the molecule is C=C(c1[nH]c2ccc(-c3nccc(Nc4ccc5[nH]ncc5c4)n3)cc2c1C)N(CC)CC. The van der Waals surface area contributed by atoms with E-state index >= 15 is 0 Å². The summed E-state index contributed by atoms with van der Waals surface area (Å²) in [7, 11) is 0. The Balaban J connectivity index is 1.46. The molecule has 3 aromatic heterocycles. The number of anilines is 2. The molecule has 7 nitrogen and oxygen atoms in total. The second kappa shape index (κ2) is 8.43. The van der Waals surface area contributed by atoms with Crippen molar-refractivity contribution in [2.24, 2.45) is 0 Å². The van der Waals surface area contributed by atoms with E-state index in [4.69, 9.17) is 4.98 Å². The Morgan fingerprint density at radius 3 is 2.70 bits per heavy atom. The van der Waals surface area contributed by atoms with Crippen LogP contribution < -0.4 is 5.32 Å². The minimum atomic E-state index is 0.677. The highest BCUT2D eigenvalue weighted by Gasteiger charge is 2.15. The van der Waals surface area contributed by atoms with Gasteiger partial charge in [-0.3, -0.25) is 5.10 Å². The summed E-state index contributed by atoms with van der Waals surface area (Å²) in [5, 5.41) is 12.6. The van der Waals surface area contributed by atoms with Gasteiger partial charge in [0, 0.05) is 46.8 Å². The average molecular weight is 438 g/mol. The molecular weight excluding hydrogens is 410 g/mol. The van der Waals surface area contributed by atoms with Crippen molar-refractivity contribution in [3.63, 3.8) is 0 Å². The topological polar surface area (TPSA) is 85.5 Å². The molecule has 0 aliphatic rings. The number of hydrogen-bond donors (Lipinski definition) is 3. The molecule has 5 rings (SSSR count). The first-order valence-corrected chi connectivity index (χ1v) is 11.2. The highest BCUT2D eigenvalue weighted by atomic mass is 15.1. The summed E-state index contributed by atoms with van der Waals surface area (Å²) in [6, 6.07) is 14.2. The van der Waals surface area contributed by atoms with E-state index in [1.54, 1.807) is 6.20 Å². The summed E-state index contributed by atoms with van der Waals surface area (Å²) in [5.41, 5.74) is 7.29. The zero-order chi connectivity index (χ0) is 22.9. The molecule has 5 aromatic rings. The molecule has 0 saturated carbocycles. The fraction of sp³-hybridized carbons (Fsp3) is 0.192. The van der Waals surface area contributed by atoms with Gasteiger partial charge in [-0.15, -0.1) is 0 Å². The van der Waals surface area contributed by atoms with E-state index in [1.165, 1.54) is 5.56 Å². The van der Waals surface area contributed by atoms with Gasteiger partial charge in [0.15, 0.2) is 5.82 Å². The lowest BCUT2D eigenvalue weighted by atomic mass is 10.1. The van der Waals surface area contributed by atoms with Crippen molar-refractivity contribution in [1.82, 2.24) is 30.0 Å². The van der Waals surface area contributed by atoms with Gasteiger partial charge in [0.05, 0.1) is 23.1 Å². The highest BCUT2D eigenvalue weighted by molar-refractivity contribution is 5.91. The number of nitrogens with one attached hydrogen (secondary N) is 3. The van der Waals surface area contributed by atoms with Gasteiger partial charge in [0.25, 0.3) is 0 Å². The van der Waals surface area contributed by atoms with E-state index in [0.29, 0.717) is 5.82 Å².